The van der Waals surface area contributed by atoms with Crippen LogP contribution in [0.4, 0.5) is 4.39 Å². The maximum atomic E-state index is 13.5. The molecule has 0 aromatic heterocycles. The molecule has 0 saturated heterocycles. The number of carbonyl (C=O) groups excluding carboxylic acids is 1. The largest absolute Gasteiger partial charge is 0.352 e. The van der Waals surface area contributed by atoms with Gasteiger partial charge in [-0.1, -0.05) is 6.07 Å². The molecular formula is C10H10BrFO3. The fourth-order valence-electron chi connectivity index (χ4n) is 1.26. The highest BCUT2D eigenvalue weighted by Crippen LogP contribution is 2.27. The predicted molar refractivity (Wildman–Crippen MR) is 56.2 cm³/mol. The van der Waals surface area contributed by atoms with Gasteiger partial charge in [0.2, 0.25) is 0 Å². The van der Waals surface area contributed by atoms with E-state index < -0.39 is 12.1 Å². The summed E-state index contributed by atoms with van der Waals surface area (Å²) in [5.74, 6) is -0.610. The number of aldehydes is 1. The highest BCUT2D eigenvalue weighted by Gasteiger charge is 2.18. The van der Waals surface area contributed by atoms with Crippen molar-refractivity contribution in [2.45, 2.75) is 6.29 Å². The van der Waals surface area contributed by atoms with Crippen LogP contribution in [-0.4, -0.2) is 20.5 Å². The van der Waals surface area contributed by atoms with Gasteiger partial charge < -0.3 is 9.47 Å². The lowest BCUT2D eigenvalue weighted by molar-refractivity contribution is -0.106. The minimum Gasteiger partial charge on any atom is -0.352 e. The maximum Gasteiger partial charge on any atom is 0.183 e. The van der Waals surface area contributed by atoms with Gasteiger partial charge in [-0.05, 0) is 22.0 Å². The third kappa shape index (κ3) is 2.42. The zero-order valence-electron chi connectivity index (χ0n) is 8.29. The summed E-state index contributed by atoms with van der Waals surface area (Å²) in [6, 6.07) is 3.08. The summed E-state index contributed by atoms with van der Waals surface area (Å²) >= 11 is 3.00. The Kier molecular flexibility index (Phi) is 4.38. The van der Waals surface area contributed by atoms with Crippen molar-refractivity contribution in [3.8, 4) is 0 Å². The fourth-order valence-corrected chi connectivity index (χ4v) is 1.60. The molecule has 0 bridgehead atoms. The van der Waals surface area contributed by atoms with Crippen molar-refractivity contribution in [3.05, 3.63) is 33.5 Å². The smallest absolute Gasteiger partial charge is 0.183 e. The predicted octanol–water partition coefficient (Wildman–Crippen LogP) is 2.69. The molecule has 0 fully saturated rings. The van der Waals surface area contributed by atoms with E-state index in [-0.39, 0.29) is 10.0 Å². The molecule has 0 N–H and O–H groups in total. The Balaban J connectivity index is 3.29. The first-order valence-electron chi connectivity index (χ1n) is 4.14. The molecule has 3 nitrogen and oxygen atoms in total. The van der Waals surface area contributed by atoms with E-state index in [1.165, 1.54) is 20.3 Å². The van der Waals surface area contributed by atoms with Gasteiger partial charge in [0.05, 0.1) is 10.0 Å². The third-order valence-electron chi connectivity index (χ3n) is 1.97. The average molecular weight is 277 g/mol. The molecule has 0 aliphatic heterocycles. The van der Waals surface area contributed by atoms with Crippen LogP contribution in [0.5, 0.6) is 0 Å². The number of carbonyl (C=O) groups is 1. The zero-order chi connectivity index (χ0) is 11.4. The maximum absolute atomic E-state index is 13.5. The second-order valence-electron chi connectivity index (χ2n) is 2.79. The van der Waals surface area contributed by atoms with Gasteiger partial charge in [0, 0.05) is 19.8 Å². The molecule has 0 spiro atoms. The highest BCUT2D eigenvalue weighted by molar-refractivity contribution is 9.10. The number of methoxy groups -OCH3 is 2. The van der Waals surface area contributed by atoms with Crippen LogP contribution in [-0.2, 0) is 9.47 Å². The van der Waals surface area contributed by atoms with Gasteiger partial charge in [-0.15, -0.1) is 0 Å². The van der Waals surface area contributed by atoms with E-state index in [9.17, 15) is 9.18 Å². The molecular weight excluding hydrogens is 267 g/mol. The summed E-state index contributed by atoms with van der Waals surface area (Å²) in [6.07, 6.45) is -0.298. The molecule has 0 aliphatic carbocycles. The van der Waals surface area contributed by atoms with E-state index in [1.807, 2.05) is 0 Å². The normalized spacial score (nSPS) is 10.7. The van der Waals surface area contributed by atoms with Crippen molar-refractivity contribution in [1.82, 2.24) is 0 Å². The monoisotopic (exact) mass is 276 g/mol. The molecule has 5 heteroatoms. The molecule has 0 atom stereocenters. The Bertz CT molecular complexity index is 364. The molecule has 0 radical (unpaired) electrons. The molecule has 1 aromatic rings. The minimum absolute atomic E-state index is 0.0573. The topological polar surface area (TPSA) is 35.5 Å². The van der Waals surface area contributed by atoms with Crippen LogP contribution < -0.4 is 0 Å². The first kappa shape index (κ1) is 12.3. The molecule has 0 heterocycles. The van der Waals surface area contributed by atoms with Gasteiger partial charge in [-0.3, -0.25) is 4.79 Å². The van der Waals surface area contributed by atoms with Crippen LogP contribution >= 0.6 is 15.9 Å². The fraction of sp³-hybridized carbons (Fsp3) is 0.300. The Hall–Kier alpha value is -0.780. The lowest BCUT2D eigenvalue weighted by atomic mass is 10.1. The van der Waals surface area contributed by atoms with Gasteiger partial charge in [0.1, 0.15) is 5.82 Å². The van der Waals surface area contributed by atoms with Crippen molar-refractivity contribution < 1.29 is 18.7 Å². The second-order valence-corrected chi connectivity index (χ2v) is 3.64. The van der Waals surface area contributed by atoms with Crippen molar-refractivity contribution in [3.63, 3.8) is 0 Å². The summed E-state index contributed by atoms with van der Waals surface area (Å²) in [4.78, 5) is 10.8. The number of hydrogen-bond acceptors (Lipinski definition) is 3. The Morgan fingerprint density at radius 1 is 1.40 bits per heavy atom. The van der Waals surface area contributed by atoms with Crippen LogP contribution in [0.3, 0.4) is 0 Å². The highest BCUT2D eigenvalue weighted by atomic mass is 79.9. The van der Waals surface area contributed by atoms with Gasteiger partial charge in [0.15, 0.2) is 12.6 Å². The molecule has 0 amide bonds. The molecule has 0 aliphatic rings. The SMILES string of the molecule is COC(OC)c1ccc(Br)c(F)c1C=O. The second kappa shape index (κ2) is 5.34. The summed E-state index contributed by atoms with van der Waals surface area (Å²) in [6.45, 7) is 0. The molecule has 1 aromatic carbocycles. The van der Waals surface area contributed by atoms with Crippen molar-refractivity contribution >= 4 is 22.2 Å². The van der Waals surface area contributed by atoms with Gasteiger partial charge in [-0.25, -0.2) is 4.39 Å². The average Bonchev–Trinajstić information content (AvgIpc) is 2.25. The number of halogens is 2. The van der Waals surface area contributed by atoms with E-state index >= 15 is 0 Å². The summed E-state index contributed by atoms with van der Waals surface area (Å²) in [7, 11) is 2.84. The van der Waals surface area contributed by atoms with Crippen LogP contribution in [0.1, 0.15) is 22.2 Å². The molecule has 0 unspecified atom stereocenters. The van der Waals surface area contributed by atoms with Crippen molar-refractivity contribution in [1.29, 1.82) is 0 Å². The zero-order valence-corrected chi connectivity index (χ0v) is 9.88. The molecule has 15 heavy (non-hydrogen) atoms. The number of hydrogen-bond donors (Lipinski definition) is 0. The van der Waals surface area contributed by atoms with Crippen molar-refractivity contribution in [2.75, 3.05) is 14.2 Å². The quantitative estimate of drug-likeness (QED) is 0.627. The van der Waals surface area contributed by atoms with E-state index in [0.29, 0.717) is 11.8 Å². The molecule has 82 valence electrons. The van der Waals surface area contributed by atoms with Crippen LogP contribution in [0.2, 0.25) is 0 Å². The third-order valence-corrected chi connectivity index (χ3v) is 2.58. The lowest BCUT2D eigenvalue weighted by Gasteiger charge is -2.16. The van der Waals surface area contributed by atoms with Crippen molar-refractivity contribution in [2.24, 2.45) is 0 Å². The Morgan fingerprint density at radius 3 is 2.47 bits per heavy atom. The van der Waals surface area contributed by atoms with E-state index in [0.717, 1.165) is 0 Å². The summed E-state index contributed by atoms with van der Waals surface area (Å²) in [5.41, 5.74) is 0.314. The first-order valence-corrected chi connectivity index (χ1v) is 4.93. The Labute approximate surface area is 95.3 Å². The van der Waals surface area contributed by atoms with Gasteiger partial charge >= 0.3 is 0 Å². The number of benzene rings is 1. The molecule has 0 saturated carbocycles. The van der Waals surface area contributed by atoms with E-state index in [4.69, 9.17) is 9.47 Å². The molecule has 1 rings (SSSR count). The standard InChI is InChI=1S/C10H10BrFO3/c1-14-10(15-2)6-3-4-8(11)9(12)7(6)5-13/h3-5,10H,1-2H3. The van der Waals surface area contributed by atoms with Gasteiger partial charge in [0.25, 0.3) is 0 Å². The van der Waals surface area contributed by atoms with Crippen LogP contribution in [0, 0.1) is 5.82 Å². The lowest BCUT2D eigenvalue weighted by Crippen LogP contribution is -2.08. The minimum atomic E-state index is -0.743. The van der Waals surface area contributed by atoms with E-state index in [1.54, 1.807) is 6.07 Å². The number of ether oxygens (including phenoxy) is 2. The first-order chi connectivity index (χ1) is 7.15. The summed E-state index contributed by atoms with van der Waals surface area (Å²) in [5, 5.41) is 0. The Morgan fingerprint density at radius 2 is 2.00 bits per heavy atom. The van der Waals surface area contributed by atoms with Gasteiger partial charge in [-0.2, -0.15) is 0 Å². The van der Waals surface area contributed by atoms with Crippen LogP contribution in [0.15, 0.2) is 16.6 Å². The summed E-state index contributed by atoms with van der Waals surface area (Å²) < 4.78 is 23.7. The number of rotatable bonds is 4. The van der Waals surface area contributed by atoms with E-state index in [2.05, 4.69) is 15.9 Å². The van der Waals surface area contributed by atoms with Crippen LogP contribution in [0.25, 0.3) is 0 Å².